The molecule has 8 nitrogen and oxygen atoms in total. The second-order valence-corrected chi connectivity index (χ2v) is 5.25. The number of nitro groups is 1. The molecule has 0 unspecified atom stereocenters. The molecular formula is C10H14N2O6S. The summed E-state index contributed by atoms with van der Waals surface area (Å²) in [5.41, 5.74) is 0.0915. The van der Waals surface area contributed by atoms with Crippen molar-refractivity contribution in [3.05, 3.63) is 33.9 Å². The number of nitrogens with one attached hydrogen (secondary N) is 1. The van der Waals surface area contributed by atoms with E-state index in [1.54, 1.807) is 0 Å². The van der Waals surface area contributed by atoms with Crippen LogP contribution in [0.15, 0.2) is 23.1 Å². The lowest BCUT2D eigenvalue weighted by Crippen LogP contribution is -2.26. The van der Waals surface area contributed by atoms with Crippen molar-refractivity contribution in [2.24, 2.45) is 0 Å². The molecule has 1 aromatic carbocycles. The lowest BCUT2D eigenvalue weighted by molar-refractivity contribution is -0.385. The fourth-order valence-electron chi connectivity index (χ4n) is 1.34. The van der Waals surface area contributed by atoms with Crippen molar-refractivity contribution in [1.82, 2.24) is 4.89 Å². The van der Waals surface area contributed by atoms with Crippen LogP contribution >= 0.6 is 0 Å². The van der Waals surface area contributed by atoms with Gasteiger partial charge in [-0.15, -0.1) is 0 Å². The Labute approximate surface area is 110 Å². The molecule has 0 saturated heterocycles. The Bertz CT molecular complexity index is 557. The fraction of sp³-hybridized carbons (Fsp3) is 0.400. The predicted molar refractivity (Wildman–Crippen MR) is 66.0 cm³/mol. The number of sulfonamides is 1. The van der Waals surface area contributed by atoms with E-state index in [1.165, 1.54) is 20.1 Å². The van der Waals surface area contributed by atoms with Crippen molar-refractivity contribution in [2.75, 3.05) is 20.3 Å². The highest BCUT2D eigenvalue weighted by Gasteiger charge is 2.19. The molecule has 0 fully saturated rings. The number of hydrogen-bond acceptors (Lipinski definition) is 6. The first kappa shape index (κ1) is 15.5. The summed E-state index contributed by atoms with van der Waals surface area (Å²) in [6.07, 6.45) is 0. The molecule has 0 saturated carbocycles. The molecule has 0 bridgehead atoms. The standard InChI is InChI=1S/C10H14N2O6S/c1-8-7-9(12(13)14)3-4-10(8)19(15,16)11-18-6-5-17-2/h3-4,7,11H,5-6H2,1-2H3. The summed E-state index contributed by atoms with van der Waals surface area (Å²) in [5.74, 6) is 0. The van der Waals surface area contributed by atoms with Crippen LogP contribution in [0.5, 0.6) is 0 Å². The van der Waals surface area contributed by atoms with Crippen LogP contribution in [0, 0.1) is 17.0 Å². The minimum absolute atomic E-state index is 0.0573. The summed E-state index contributed by atoms with van der Waals surface area (Å²) in [5, 5.41) is 10.6. The Morgan fingerprint density at radius 2 is 2.05 bits per heavy atom. The molecule has 0 radical (unpaired) electrons. The highest BCUT2D eigenvalue weighted by molar-refractivity contribution is 7.89. The van der Waals surface area contributed by atoms with Gasteiger partial charge in [0.15, 0.2) is 0 Å². The summed E-state index contributed by atoms with van der Waals surface area (Å²) < 4.78 is 28.4. The molecule has 1 rings (SSSR count). The topological polar surface area (TPSA) is 108 Å². The number of nitro benzene ring substituents is 1. The second-order valence-electron chi connectivity index (χ2n) is 3.63. The van der Waals surface area contributed by atoms with Gasteiger partial charge in [-0.3, -0.25) is 15.0 Å². The number of nitrogens with zero attached hydrogens (tertiary/aromatic N) is 1. The van der Waals surface area contributed by atoms with Gasteiger partial charge < -0.3 is 4.74 Å². The summed E-state index contributed by atoms with van der Waals surface area (Å²) in [4.78, 5) is 16.5. The molecule has 9 heteroatoms. The van der Waals surface area contributed by atoms with E-state index in [0.29, 0.717) is 0 Å². The molecule has 1 aromatic rings. The van der Waals surface area contributed by atoms with Gasteiger partial charge in [0.2, 0.25) is 0 Å². The van der Waals surface area contributed by atoms with Crippen LogP contribution in [0.25, 0.3) is 0 Å². The quantitative estimate of drug-likeness (QED) is 0.451. The normalized spacial score (nSPS) is 11.5. The Morgan fingerprint density at radius 3 is 2.58 bits per heavy atom. The molecule has 0 amide bonds. The Kier molecular flexibility index (Phi) is 5.36. The van der Waals surface area contributed by atoms with Crippen molar-refractivity contribution in [1.29, 1.82) is 0 Å². The minimum atomic E-state index is -3.86. The van der Waals surface area contributed by atoms with Crippen molar-refractivity contribution in [3.8, 4) is 0 Å². The van der Waals surface area contributed by atoms with Crippen molar-refractivity contribution < 1.29 is 22.9 Å². The van der Waals surface area contributed by atoms with Gasteiger partial charge in [-0.05, 0) is 18.6 Å². The highest BCUT2D eigenvalue weighted by atomic mass is 32.2. The zero-order valence-corrected chi connectivity index (χ0v) is 11.3. The first-order chi connectivity index (χ1) is 8.88. The van der Waals surface area contributed by atoms with Crippen LogP contribution in [-0.4, -0.2) is 33.7 Å². The minimum Gasteiger partial charge on any atom is -0.382 e. The lowest BCUT2D eigenvalue weighted by atomic mass is 10.2. The molecule has 0 aliphatic carbocycles. The van der Waals surface area contributed by atoms with Gasteiger partial charge in [0.25, 0.3) is 15.7 Å². The smallest absolute Gasteiger partial charge is 0.269 e. The van der Waals surface area contributed by atoms with Gasteiger partial charge in [0.05, 0.1) is 23.0 Å². The predicted octanol–water partition coefficient (Wildman–Crippen LogP) is 0.760. The number of non-ortho nitro benzene ring substituents is 1. The molecule has 0 aliphatic rings. The SMILES string of the molecule is COCCONS(=O)(=O)c1ccc([N+](=O)[O-])cc1C. The Balaban J connectivity index is 2.87. The fourth-order valence-corrected chi connectivity index (χ4v) is 2.40. The van der Waals surface area contributed by atoms with E-state index in [0.717, 1.165) is 12.1 Å². The van der Waals surface area contributed by atoms with E-state index >= 15 is 0 Å². The van der Waals surface area contributed by atoms with Crippen LogP contribution in [0.2, 0.25) is 0 Å². The van der Waals surface area contributed by atoms with Gasteiger partial charge in [-0.25, -0.2) is 8.42 Å². The Morgan fingerprint density at radius 1 is 1.37 bits per heavy atom. The van der Waals surface area contributed by atoms with Gasteiger partial charge >= 0.3 is 0 Å². The average Bonchev–Trinajstić information content (AvgIpc) is 2.34. The van der Waals surface area contributed by atoms with Gasteiger partial charge in [0.1, 0.15) is 0 Å². The van der Waals surface area contributed by atoms with Gasteiger partial charge in [-0.2, -0.15) is 0 Å². The molecular weight excluding hydrogens is 276 g/mol. The first-order valence-corrected chi connectivity index (χ1v) is 6.74. The van der Waals surface area contributed by atoms with E-state index in [9.17, 15) is 18.5 Å². The number of benzene rings is 1. The molecule has 0 aliphatic heterocycles. The maximum atomic E-state index is 11.9. The summed E-state index contributed by atoms with van der Waals surface area (Å²) in [6, 6.07) is 3.47. The molecule has 19 heavy (non-hydrogen) atoms. The molecule has 0 heterocycles. The van der Waals surface area contributed by atoms with E-state index in [4.69, 9.17) is 9.57 Å². The van der Waals surface area contributed by atoms with E-state index in [-0.39, 0.29) is 29.4 Å². The third-order valence-corrected chi connectivity index (χ3v) is 3.59. The van der Waals surface area contributed by atoms with Crippen LogP contribution in [0.3, 0.4) is 0 Å². The second kappa shape index (κ2) is 6.57. The van der Waals surface area contributed by atoms with Crippen LogP contribution in [-0.2, 0) is 19.6 Å². The largest absolute Gasteiger partial charge is 0.382 e. The molecule has 0 spiro atoms. The summed E-state index contributed by atoms with van der Waals surface area (Å²) >= 11 is 0. The van der Waals surface area contributed by atoms with Gasteiger partial charge in [0, 0.05) is 19.2 Å². The van der Waals surface area contributed by atoms with E-state index in [2.05, 4.69) is 0 Å². The highest BCUT2D eigenvalue weighted by Crippen LogP contribution is 2.20. The number of rotatable bonds is 7. The molecule has 1 N–H and O–H groups in total. The third-order valence-electron chi connectivity index (χ3n) is 2.22. The summed E-state index contributed by atoms with van der Waals surface area (Å²) in [7, 11) is -2.41. The number of hydrogen-bond donors (Lipinski definition) is 1. The number of methoxy groups -OCH3 is 1. The maximum Gasteiger partial charge on any atom is 0.269 e. The van der Waals surface area contributed by atoms with E-state index in [1.807, 2.05) is 4.89 Å². The summed E-state index contributed by atoms with van der Waals surface area (Å²) in [6.45, 7) is 1.76. The first-order valence-electron chi connectivity index (χ1n) is 5.26. The van der Waals surface area contributed by atoms with E-state index < -0.39 is 14.9 Å². The van der Waals surface area contributed by atoms with Crippen molar-refractivity contribution in [2.45, 2.75) is 11.8 Å². The monoisotopic (exact) mass is 290 g/mol. The zero-order valence-electron chi connectivity index (χ0n) is 10.5. The van der Waals surface area contributed by atoms with Crippen LogP contribution in [0.1, 0.15) is 5.56 Å². The molecule has 0 atom stereocenters. The lowest BCUT2D eigenvalue weighted by Gasteiger charge is -2.09. The average molecular weight is 290 g/mol. The zero-order chi connectivity index (χ0) is 14.5. The van der Waals surface area contributed by atoms with Crippen molar-refractivity contribution in [3.63, 3.8) is 0 Å². The molecule has 0 aromatic heterocycles. The van der Waals surface area contributed by atoms with Crippen molar-refractivity contribution >= 4 is 15.7 Å². The maximum absolute atomic E-state index is 11.9. The molecule has 106 valence electrons. The number of ether oxygens (including phenoxy) is 1. The Hall–Kier alpha value is -1.55. The van der Waals surface area contributed by atoms with Gasteiger partial charge in [-0.1, -0.05) is 4.89 Å². The van der Waals surface area contributed by atoms with Crippen LogP contribution < -0.4 is 4.89 Å². The van der Waals surface area contributed by atoms with Crippen LogP contribution in [0.4, 0.5) is 5.69 Å². The third kappa shape index (κ3) is 4.24. The number of aryl methyl sites for hydroxylation is 1.